The second-order valence-corrected chi connectivity index (χ2v) is 7.34. The molecule has 1 aliphatic carbocycles. The molecule has 1 fully saturated rings. The number of amides is 1. The van der Waals surface area contributed by atoms with E-state index in [4.69, 9.17) is 15.9 Å². The molecule has 8 nitrogen and oxygen atoms in total. The summed E-state index contributed by atoms with van der Waals surface area (Å²) < 4.78 is 5.28. The number of likely N-dealkylation sites (N-methyl/N-ethyl adjacent to an activating group) is 1. The molecule has 1 aromatic carbocycles. The standard InChI is InChI=1S/C21H20N6O2/c1-27-7-6-15-16(8-22)20(26)21(11-23,12-24)19(17(15)9-27)13-2-4-14(5-3-13)29-10-18(25)28/h2-6,16-17,19,26H,7,9-10H2,1H3,(H2,25,28)/t16?,17-,19+/m0/s1. The molecule has 146 valence electrons. The van der Waals surface area contributed by atoms with E-state index >= 15 is 0 Å². The van der Waals surface area contributed by atoms with Crippen LogP contribution in [0.25, 0.3) is 0 Å². The predicted molar refractivity (Wildman–Crippen MR) is 103 cm³/mol. The average molecular weight is 388 g/mol. The van der Waals surface area contributed by atoms with Crippen molar-refractivity contribution >= 4 is 11.6 Å². The predicted octanol–water partition coefficient (Wildman–Crippen LogP) is 1.33. The van der Waals surface area contributed by atoms with Crippen LogP contribution in [0.4, 0.5) is 0 Å². The minimum absolute atomic E-state index is 0.170. The fourth-order valence-corrected chi connectivity index (χ4v) is 4.25. The summed E-state index contributed by atoms with van der Waals surface area (Å²) >= 11 is 0. The van der Waals surface area contributed by atoms with Crippen LogP contribution in [-0.2, 0) is 4.79 Å². The second kappa shape index (κ2) is 7.75. The zero-order chi connectivity index (χ0) is 21.2. The number of benzene rings is 1. The van der Waals surface area contributed by atoms with Crippen molar-refractivity contribution in [2.24, 2.45) is 23.0 Å². The second-order valence-electron chi connectivity index (χ2n) is 7.34. The molecule has 1 amide bonds. The van der Waals surface area contributed by atoms with Crippen LogP contribution >= 0.6 is 0 Å². The highest BCUT2D eigenvalue weighted by molar-refractivity contribution is 6.00. The van der Waals surface area contributed by atoms with Crippen LogP contribution in [0.15, 0.2) is 35.9 Å². The maximum absolute atomic E-state index is 10.9. The van der Waals surface area contributed by atoms with Crippen molar-refractivity contribution in [3.8, 4) is 24.0 Å². The first-order valence-electron chi connectivity index (χ1n) is 9.08. The van der Waals surface area contributed by atoms with Gasteiger partial charge in [-0.25, -0.2) is 0 Å². The SMILES string of the molecule is CN1CC=C2C(C#N)C(=N)C(C#N)(C#N)[C@H](c3ccc(OCC(N)=O)cc3)[C@H]2C1. The lowest BCUT2D eigenvalue weighted by atomic mass is 9.54. The summed E-state index contributed by atoms with van der Waals surface area (Å²) in [6, 6.07) is 13.0. The van der Waals surface area contributed by atoms with E-state index < -0.39 is 23.2 Å². The Hall–Kier alpha value is -3.67. The van der Waals surface area contributed by atoms with Gasteiger partial charge in [-0.05, 0) is 30.3 Å². The molecule has 0 spiro atoms. The van der Waals surface area contributed by atoms with Crippen LogP contribution < -0.4 is 10.5 Å². The molecule has 3 N–H and O–H groups in total. The van der Waals surface area contributed by atoms with Gasteiger partial charge in [0.1, 0.15) is 11.7 Å². The third-order valence-corrected chi connectivity index (χ3v) is 5.59. The molecule has 3 atom stereocenters. The molecule has 8 heteroatoms. The molecule has 0 radical (unpaired) electrons. The summed E-state index contributed by atoms with van der Waals surface area (Å²) in [5.74, 6) is -1.88. The lowest BCUT2D eigenvalue weighted by molar-refractivity contribution is -0.119. The first kappa shape index (κ1) is 20.1. The molecule has 1 aliphatic heterocycles. The fourth-order valence-electron chi connectivity index (χ4n) is 4.25. The van der Waals surface area contributed by atoms with E-state index in [0.717, 1.165) is 5.57 Å². The number of ether oxygens (including phenoxy) is 1. The molecule has 2 aliphatic rings. The van der Waals surface area contributed by atoms with E-state index in [1.54, 1.807) is 24.3 Å². The van der Waals surface area contributed by atoms with Gasteiger partial charge in [-0.15, -0.1) is 0 Å². The summed E-state index contributed by atoms with van der Waals surface area (Å²) in [6.07, 6.45) is 1.94. The van der Waals surface area contributed by atoms with Crippen LogP contribution in [0.2, 0.25) is 0 Å². The molecular formula is C21H20N6O2. The van der Waals surface area contributed by atoms with Gasteiger partial charge in [0.15, 0.2) is 12.0 Å². The number of carbonyl (C=O) groups excluding carboxylic acids is 1. The number of hydrogen-bond acceptors (Lipinski definition) is 7. The van der Waals surface area contributed by atoms with Gasteiger partial charge in [0.25, 0.3) is 5.91 Å². The highest BCUT2D eigenvalue weighted by atomic mass is 16.5. The molecule has 0 saturated heterocycles. The van der Waals surface area contributed by atoms with Gasteiger partial charge in [0.05, 0.1) is 23.9 Å². The number of rotatable bonds is 4. The van der Waals surface area contributed by atoms with Crippen molar-refractivity contribution in [1.82, 2.24) is 4.90 Å². The van der Waals surface area contributed by atoms with Crippen molar-refractivity contribution < 1.29 is 9.53 Å². The van der Waals surface area contributed by atoms with Gasteiger partial charge in [0.2, 0.25) is 0 Å². The molecular weight excluding hydrogens is 368 g/mol. The Balaban J connectivity index is 2.09. The zero-order valence-corrected chi connectivity index (χ0v) is 15.9. The lowest BCUT2D eigenvalue weighted by Gasteiger charge is -2.47. The van der Waals surface area contributed by atoms with Gasteiger partial charge in [-0.1, -0.05) is 18.2 Å². The first-order valence-corrected chi connectivity index (χ1v) is 9.08. The Morgan fingerprint density at radius 1 is 1.31 bits per heavy atom. The van der Waals surface area contributed by atoms with Crippen molar-refractivity contribution in [3.63, 3.8) is 0 Å². The number of nitriles is 3. The topological polar surface area (TPSA) is 151 Å². The van der Waals surface area contributed by atoms with Gasteiger partial charge < -0.3 is 20.8 Å². The van der Waals surface area contributed by atoms with E-state index in [1.165, 1.54) is 0 Å². The smallest absolute Gasteiger partial charge is 0.255 e. The monoisotopic (exact) mass is 388 g/mol. The number of nitrogens with zero attached hydrogens (tertiary/aromatic N) is 4. The van der Waals surface area contributed by atoms with Crippen molar-refractivity contribution in [2.75, 3.05) is 26.7 Å². The van der Waals surface area contributed by atoms with Crippen LogP contribution in [0.1, 0.15) is 11.5 Å². The Labute approximate surface area is 168 Å². The maximum Gasteiger partial charge on any atom is 0.255 e. The molecule has 29 heavy (non-hydrogen) atoms. The summed E-state index contributed by atoms with van der Waals surface area (Å²) in [7, 11) is 1.94. The Morgan fingerprint density at radius 3 is 2.52 bits per heavy atom. The zero-order valence-electron chi connectivity index (χ0n) is 15.9. The van der Waals surface area contributed by atoms with Crippen LogP contribution in [0, 0.1) is 56.7 Å². The number of hydrogen-bond donors (Lipinski definition) is 2. The molecule has 1 unspecified atom stereocenters. The van der Waals surface area contributed by atoms with E-state index in [1.807, 2.05) is 13.1 Å². The highest BCUT2D eigenvalue weighted by Gasteiger charge is 2.57. The van der Waals surface area contributed by atoms with Crippen molar-refractivity contribution in [3.05, 3.63) is 41.5 Å². The third-order valence-electron chi connectivity index (χ3n) is 5.59. The van der Waals surface area contributed by atoms with E-state index in [2.05, 4.69) is 23.1 Å². The van der Waals surface area contributed by atoms with Crippen molar-refractivity contribution in [1.29, 1.82) is 21.2 Å². The molecule has 1 aromatic rings. The number of fused-ring (bicyclic) bond motifs is 1. The molecule has 3 rings (SSSR count). The summed E-state index contributed by atoms with van der Waals surface area (Å²) in [4.78, 5) is 13.0. The molecule has 1 heterocycles. The van der Waals surface area contributed by atoms with Crippen molar-refractivity contribution in [2.45, 2.75) is 5.92 Å². The summed E-state index contributed by atoms with van der Waals surface area (Å²) in [6.45, 7) is 0.973. The third kappa shape index (κ3) is 3.33. The Kier molecular flexibility index (Phi) is 5.37. The normalized spacial score (nSPS) is 25.5. The molecule has 0 aromatic heterocycles. The number of nitrogens with one attached hydrogen (secondary N) is 1. The van der Waals surface area contributed by atoms with Gasteiger partial charge in [0, 0.05) is 24.9 Å². The van der Waals surface area contributed by atoms with Gasteiger partial charge >= 0.3 is 0 Å². The van der Waals surface area contributed by atoms with Crippen LogP contribution in [-0.4, -0.2) is 43.3 Å². The fraction of sp³-hybridized carbons (Fsp3) is 0.381. The largest absolute Gasteiger partial charge is 0.484 e. The van der Waals surface area contributed by atoms with Gasteiger partial charge in [-0.3, -0.25) is 4.79 Å². The molecule has 0 bridgehead atoms. The number of nitrogens with two attached hydrogens (primary N) is 1. The highest BCUT2D eigenvalue weighted by Crippen LogP contribution is 2.53. The van der Waals surface area contributed by atoms with E-state index in [-0.39, 0.29) is 18.2 Å². The van der Waals surface area contributed by atoms with Crippen LogP contribution in [0.3, 0.4) is 0 Å². The summed E-state index contributed by atoms with van der Waals surface area (Å²) in [5.41, 5.74) is 4.68. The Bertz CT molecular complexity index is 978. The first-order chi connectivity index (χ1) is 13.9. The van der Waals surface area contributed by atoms with E-state index in [9.17, 15) is 20.6 Å². The van der Waals surface area contributed by atoms with Crippen LogP contribution in [0.5, 0.6) is 5.75 Å². The molecule has 1 saturated carbocycles. The minimum atomic E-state index is -1.74. The number of carbonyl (C=O) groups is 1. The lowest BCUT2D eigenvalue weighted by Crippen LogP contribution is -2.52. The Morgan fingerprint density at radius 2 is 1.97 bits per heavy atom. The van der Waals surface area contributed by atoms with E-state index in [0.29, 0.717) is 24.4 Å². The number of primary amides is 1. The minimum Gasteiger partial charge on any atom is -0.484 e. The maximum atomic E-state index is 10.9. The average Bonchev–Trinajstić information content (AvgIpc) is 2.72. The summed E-state index contributed by atoms with van der Waals surface area (Å²) in [5, 5.41) is 38.2. The quantitative estimate of drug-likeness (QED) is 0.743. The van der Waals surface area contributed by atoms with Gasteiger partial charge in [-0.2, -0.15) is 15.8 Å².